The predicted octanol–water partition coefficient (Wildman–Crippen LogP) is 2.39. The van der Waals surface area contributed by atoms with Gasteiger partial charge in [-0.05, 0) is 51.3 Å². The third-order valence-electron chi connectivity index (χ3n) is 3.94. The summed E-state index contributed by atoms with van der Waals surface area (Å²) in [6.45, 7) is 4.72. The minimum atomic E-state index is -3.37. The largest absolute Gasteiger partial charge is 0.315 e. The van der Waals surface area contributed by atoms with E-state index in [1.165, 1.54) is 11.3 Å². The molecule has 1 aromatic rings. The first-order chi connectivity index (χ1) is 8.92. The summed E-state index contributed by atoms with van der Waals surface area (Å²) < 4.78 is 28.3. The molecule has 0 aliphatic heterocycles. The maximum absolute atomic E-state index is 12.4. The van der Waals surface area contributed by atoms with Crippen LogP contribution in [0.25, 0.3) is 0 Å². The number of aryl methyl sites for hydroxylation is 1. The standard InChI is InChI=1S/C13H22N2O2S2/c1-4-13(6-5-7-13)15-19(16,17)12-8-10(2)11(18-12)9-14-3/h8,14-15H,4-7,9H2,1-3H3. The van der Waals surface area contributed by atoms with Crippen molar-refractivity contribution in [2.75, 3.05) is 7.05 Å². The second-order valence-electron chi connectivity index (χ2n) is 5.29. The molecular weight excluding hydrogens is 280 g/mol. The Morgan fingerprint density at radius 3 is 2.58 bits per heavy atom. The zero-order valence-electron chi connectivity index (χ0n) is 11.7. The van der Waals surface area contributed by atoms with Crippen LogP contribution in [0.5, 0.6) is 0 Å². The highest BCUT2D eigenvalue weighted by molar-refractivity contribution is 7.91. The van der Waals surface area contributed by atoms with Crippen LogP contribution in [0.2, 0.25) is 0 Å². The molecule has 4 nitrogen and oxygen atoms in total. The van der Waals surface area contributed by atoms with Gasteiger partial charge in [-0.25, -0.2) is 13.1 Å². The van der Waals surface area contributed by atoms with E-state index in [4.69, 9.17) is 0 Å². The second kappa shape index (κ2) is 5.52. The van der Waals surface area contributed by atoms with Crippen molar-refractivity contribution in [1.82, 2.24) is 10.0 Å². The van der Waals surface area contributed by atoms with Gasteiger partial charge in [0.2, 0.25) is 0 Å². The summed E-state index contributed by atoms with van der Waals surface area (Å²) in [5.41, 5.74) is 0.846. The van der Waals surface area contributed by atoms with Crippen molar-refractivity contribution < 1.29 is 8.42 Å². The number of nitrogens with one attached hydrogen (secondary N) is 2. The number of thiophene rings is 1. The minimum Gasteiger partial charge on any atom is -0.315 e. The Bertz CT molecular complexity index is 539. The quantitative estimate of drug-likeness (QED) is 0.848. The van der Waals surface area contributed by atoms with E-state index >= 15 is 0 Å². The highest BCUT2D eigenvalue weighted by atomic mass is 32.2. The van der Waals surface area contributed by atoms with Gasteiger partial charge in [-0.1, -0.05) is 6.92 Å². The molecule has 0 amide bonds. The molecule has 0 aromatic carbocycles. The van der Waals surface area contributed by atoms with Crippen LogP contribution in [-0.4, -0.2) is 21.0 Å². The topological polar surface area (TPSA) is 58.2 Å². The van der Waals surface area contributed by atoms with E-state index in [1.807, 2.05) is 20.9 Å². The monoisotopic (exact) mass is 302 g/mol. The molecule has 0 unspecified atom stereocenters. The molecule has 0 radical (unpaired) electrons. The van der Waals surface area contributed by atoms with Gasteiger partial charge in [0.05, 0.1) is 0 Å². The number of rotatable bonds is 6. The third-order valence-corrected chi connectivity index (χ3v) is 7.23. The van der Waals surface area contributed by atoms with Gasteiger partial charge in [0, 0.05) is 17.0 Å². The van der Waals surface area contributed by atoms with Gasteiger partial charge in [0.25, 0.3) is 10.0 Å². The lowest BCUT2D eigenvalue weighted by Crippen LogP contribution is -2.52. The summed E-state index contributed by atoms with van der Waals surface area (Å²) in [6, 6.07) is 1.78. The maximum Gasteiger partial charge on any atom is 0.250 e. The maximum atomic E-state index is 12.4. The fourth-order valence-corrected chi connectivity index (χ4v) is 5.56. The SMILES string of the molecule is CCC1(NS(=O)(=O)c2cc(C)c(CNC)s2)CCC1. The number of hydrogen-bond donors (Lipinski definition) is 2. The van der Waals surface area contributed by atoms with Crippen LogP contribution >= 0.6 is 11.3 Å². The average Bonchev–Trinajstić information content (AvgIpc) is 2.67. The molecule has 108 valence electrons. The van der Waals surface area contributed by atoms with Crippen molar-refractivity contribution in [2.24, 2.45) is 0 Å². The Kier molecular flexibility index (Phi) is 4.35. The van der Waals surface area contributed by atoms with E-state index in [1.54, 1.807) is 6.07 Å². The summed E-state index contributed by atoms with van der Waals surface area (Å²) in [5.74, 6) is 0. The first-order valence-corrected chi connectivity index (χ1v) is 9.00. The fraction of sp³-hybridized carbons (Fsp3) is 0.692. The van der Waals surface area contributed by atoms with E-state index in [-0.39, 0.29) is 5.54 Å². The molecule has 0 saturated heterocycles. The zero-order valence-corrected chi connectivity index (χ0v) is 13.4. The van der Waals surface area contributed by atoms with E-state index in [9.17, 15) is 8.42 Å². The van der Waals surface area contributed by atoms with Gasteiger partial charge in [-0.3, -0.25) is 0 Å². The van der Waals surface area contributed by atoms with E-state index in [2.05, 4.69) is 10.0 Å². The summed E-state index contributed by atoms with van der Waals surface area (Å²) in [4.78, 5) is 1.09. The molecule has 1 heterocycles. The second-order valence-corrected chi connectivity index (χ2v) is 8.34. The molecule has 0 spiro atoms. The first kappa shape index (κ1) is 15.0. The van der Waals surface area contributed by atoms with Crippen LogP contribution in [0, 0.1) is 6.92 Å². The highest BCUT2D eigenvalue weighted by Gasteiger charge is 2.39. The lowest BCUT2D eigenvalue weighted by atomic mass is 9.76. The van der Waals surface area contributed by atoms with Gasteiger partial charge in [0.15, 0.2) is 0 Å². The number of hydrogen-bond acceptors (Lipinski definition) is 4. The molecule has 2 N–H and O–H groups in total. The van der Waals surface area contributed by atoms with Crippen LogP contribution < -0.4 is 10.0 Å². The first-order valence-electron chi connectivity index (χ1n) is 6.70. The Morgan fingerprint density at radius 2 is 2.11 bits per heavy atom. The van der Waals surface area contributed by atoms with Gasteiger partial charge in [-0.2, -0.15) is 0 Å². The molecule has 19 heavy (non-hydrogen) atoms. The van der Waals surface area contributed by atoms with Crippen molar-refractivity contribution in [3.05, 3.63) is 16.5 Å². The van der Waals surface area contributed by atoms with Crippen LogP contribution in [0.15, 0.2) is 10.3 Å². The smallest absolute Gasteiger partial charge is 0.250 e. The zero-order chi connectivity index (χ0) is 14.1. The van der Waals surface area contributed by atoms with Crippen molar-refractivity contribution >= 4 is 21.4 Å². The van der Waals surface area contributed by atoms with Crippen molar-refractivity contribution in [2.45, 2.75) is 55.8 Å². The molecule has 1 aliphatic rings. The Morgan fingerprint density at radius 1 is 1.42 bits per heavy atom. The van der Waals surface area contributed by atoms with Crippen molar-refractivity contribution in [3.63, 3.8) is 0 Å². The van der Waals surface area contributed by atoms with Crippen molar-refractivity contribution in [3.8, 4) is 0 Å². The number of sulfonamides is 1. The molecule has 1 aliphatic carbocycles. The van der Waals surface area contributed by atoms with E-state index in [0.717, 1.165) is 36.1 Å². The summed E-state index contributed by atoms with van der Waals surface area (Å²) >= 11 is 1.36. The molecule has 1 saturated carbocycles. The van der Waals surface area contributed by atoms with Crippen LogP contribution in [-0.2, 0) is 16.6 Å². The lowest BCUT2D eigenvalue weighted by Gasteiger charge is -2.41. The average molecular weight is 302 g/mol. The normalized spacial score (nSPS) is 18.3. The van der Waals surface area contributed by atoms with Crippen LogP contribution in [0.3, 0.4) is 0 Å². The summed E-state index contributed by atoms with van der Waals surface area (Å²) in [5, 5.41) is 3.07. The van der Waals surface area contributed by atoms with Crippen molar-refractivity contribution in [1.29, 1.82) is 0 Å². The Labute approximate surface area is 119 Å². The Hall–Kier alpha value is -0.430. The molecule has 0 bridgehead atoms. The fourth-order valence-electron chi connectivity index (χ4n) is 2.42. The summed E-state index contributed by atoms with van der Waals surface area (Å²) in [7, 11) is -1.50. The molecule has 0 atom stereocenters. The van der Waals surface area contributed by atoms with Gasteiger partial charge >= 0.3 is 0 Å². The van der Waals surface area contributed by atoms with E-state index < -0.39 is 10.0 Å². The van der Waals surface area contributed by atoms with Crippen LogP contribution in [0.1, 0.15) is 43.0 Å². The molecule has 6 heteroatoms. The van der Waals surface area contributed by atoms with Crippen LogP contribution in [0.4, 0.5) is 0 Å². The van der Waals surface area contributed by atoms with Gasteiger partial charge < -0.3 is 5.32 Å². The molecule has 1 aromatic heterocycles. The summed E-state index contributed by atoms with van der Waals surface area (Å²) in [6.07, 6.45) is 3.89. The van der Waals surface area contributed by atoms with Gasteiger partial charge in [-0.15, -0.1) is 11.3 Å². The lowest BCUT2D eigenvalue weighted by molar-refractivity contribution is 0.214. The van der Waals surface area contributed by atoms with Gasteiger partial charge in [0.1, 0.15) is 4.21 Å². The predicted molar refractivity (Wildman–Crippen MR) is 79.0 cm³/mol. The third kappa shape index (κ3) is 3.02. The van der Waals surface area contributed by atoms with E-state index in [0.29, 0.717) is 10.8 Å². The Balaban J connectivity index is 2.22. The molecular formula is C13H22N2O2S2. The molecule has 1 fully saturated rings. The highest BCUT2D eigenvalue weighted by Crippen LogP contribution is 2.37. The minimum absolute atomic E-state index is 0.195. The molecule has 2 rings (SSSR count).